The molecule has 100 valence electrons. The summed E-state index contributed by atoms with van der Waals surface area (Å²) in [5.74, 6) is -1.12. The van der Waals surface area contributed by atoms with E-state index >= 15 is 0 Å². The van der Waals surface area contributed by atoms with Crippen molar-refractivity contribution in [2.75, 3.05) is 20.2 Å². The van der Waals surface area contributed by atoms with Crippen LogP contribution in [0.4, 0.5) is 0 Å². The number of aromatic carboxylic acids is 1. The summed E-state index contributed by atoms with van der Waals surface area (Å²) in [4.78, 5) is 29.0. The Morgan fingerprint density at radius 1 is 1.56 bits per heavy atom. The normalized spacial score (nSPS) is 21.1. The SMILES string of the molecule is COC1CCCN(Cc2[nH]c(=O)[nH]c2C(=O)O)C1. The smallest absolute Gasteiger partial charge is 0.354 e. The third kappa shape index (κ3) is 2.80. The van der Waals surface area contributed by atoms with Gasteiger partial charge in [0.2, 0.25) is 0 Å². The summed E-state index contributed by atoms with van der Waals surface area (Å²) in [6.45, 7) is 2.05. The number of aromatic nitrogens is 2. The van der Waals surface area contributed by atoms with Crippen LogP contribution in [0.1, 0.15) is 29.0 Å². The lowest BCUT2D eigenvalue weighted by atomic mass is 10.1. The minimum Gasteiger partial charge on any atom is -0.477 e. The first kappa shape index (κ1) is 12.8. The molecule has 0 spiro atoms. The van der Waals surface area contributed by atoms with E-state index in [2.05, 4.69) is 14.9 Å². The van der Waals surface area contributed by atoms with Crippen molar-refractivity contribution in [1.29, 1.82) is 0 Å². The lowest BCUT2D eigenvalue weighted by molar-refractivity contribution is 0.0280. The molecular weight excluding hydrogens is 238 g/mol. The highest BCUT2D eigenvalue weighted by molar-refractivity contribution is 5.86. The monoisotopic (exact) mass is 255 g/mol. The predicted octanol–water partition coefficient (Wildman–Crippen LogP) is 0.0120. The molecule has 2 rings (SSSR count). The van der Waals surface area contributed by atoms with E-state index in [-0.39, 0.29) is 11.8 Å². The first-order chi connectivity index (χ1) is 8.60. The highest BCUT2D eigenvalue weighted by atomic mass is 16.5. The highest BCUT2D eigenvalue weighted by Gasteiger charge is 2.22. The number of hydrogen-bond donors (Lipinski definition) is 3. The molecule has 1 atom stereocenters. The summed E-state index contributed by atoms with van der Waals surface area (Å²) in [6, 6.07) is 0. The van der Waals surface area contributed by atoms with Crippen molar-refractivity contribution in [2.45, 2.75) is 25.5 Å². The fourth-order valence-electron chi connectivity index (χ4n) is 2.29. The van der Waals surface area contributed by atoms with Crippen LogP contribution >= 0.6 is 0 Å². The molecule has 1 aliphatic rings. The van der Waals surface area contributed by atoms with Gasteiger partial charge in [-0.25, -0.2) is 9.59 Å². The Balaban J connectivity index is 2.09. The fourth-order valence-corrected chi connectivity index (χ4v) is 2.29. The highest BCUT2D eigenvalue weighted by Crippen LogP contribution is 2.15. The van der Waals surface area contributed by atoms with Crippen molar-refractivity contribution in [1.82, 2.24) is 14.9 Å². The number of carboxylic acid groups (broad SMARTS) is 1. The van der Waals surface area contributed by atoms with Crippen LogP contribution < -0.4 is 5.69 Å². The van der Waals surface area contributed by atoms with Crippen LogP contribution in [0.5, 0.6) is 0 Å². The molecule has 1 aromatic heterocycles. The number of carbonyl (C=O) groups is 1. The number of hydrogen-bond acceptors (Lipinski definition) is 4. The van der Waals surface area contributed by atoms with E-state index in [0.717, 1.165) is 25.9 Å². The maximum absolute atomic E-state index is 11.2. The zero-order chi connectivity index (χ0) is 13.1. The molecule has 0 aromatic carbocycles. The molecule has 0 bridgehead atoms. The van der Waals surface area contributed by atoms with Gasteiger partial charge in [0.05, 0.1) is 11.8 Å². The van der Waals surface area contributed by atoms with Crippen molar-refractivity contribution in [3.63, 3.8) is 0 Å². The Bertz CT molecular complexity index is 479. The van der Waals surface area contributed by atoms with E-state index in [1.807, 2.05) is 0 Å². The third-order valence-electron chi connectivity index (χ3n) is 3.20. The maximum atomic E-state index is 11.2. The van der Waals surface area contributed by atoms with Gasteiger partial charge in [-0.1, -0.05) is 0 Å². The summed E-state index contributed by atoms with van der Waals surface area (Å²) in [5.41, 5.74) is -0.119. The van der Waals surface area contributed by atoms with Crippen LogP contribution in [0, 0.1) is 0 Å². The Kier molecular flexibility index (Phi) is 3.83. The summed E-state index contributed by atoms with van der Waals surface area (Å²) >= 11 is 0. The molecule has 3 N–H and O–H groups in total. The van der Waals surface area contributed by atoms with Crippen LogP contribution in [0.15, 0.2) is 4.79 Å². The van der Waals surface area contributed by atoms with Crippen molar-refractivity contribution in [2.24, 2.45) is 0 Å². The minimum absolute atomic E-state index is 0.0560. The number of nitrogens with one attached hydrogen (secondary N) is 2. The molecule has 18 heavy (non-hydrogen) atoms. The molecule has 1 unspecified atom stereocenters. The summed E-state index contributed by atoms with van der Waals surface area (Å²) in [7, 11) is 1.68. The molecular formula is C11H17N3O4. The number of imidazole rings is 1. The molecule has 0 saturated carbocycles. The Hall–Kier alpha value is -1.60. The van der Waals surface area contributed by atoms with Crippen LogP contribution in [-0.4, -0.2) is 52.2 Å². The molecule has 7 nitrogen and oxygen atoms in total. The molecule has 0 aliphatic carbocycles. The molecule has 1 saturated heterocycles. The van der Waals surface area contributed by atoms with E-state index in [0.29, 0.717) is 12.2 Å². The Labute approximate surface area is 104 Å². The van der Waals surface area contributed by atoms with Gasteiger partial charge in [0, 0.05) is 20.2 Å². The van der Waals surface area contributed by atoms with E-state index in [9.17, 15) is 9.59 Å². The first-order valence-electron chi connectivity index (χ1n) is 5.89. The van der Waals surface area contributed by atoms with Gasteiger partial charge < -0.3 is 14.8 Å². The number of aromatic amines is 2. The topological polar surface area (TPSA) is 98.4 Å². The van der Waals surface area contributed by atoms with E-state index in [1.54, 1.807) is 7.11 Å². The molecule has 7 heteroatoms. The van der Waals surface area contributed by atoms with E-state index in [1.165, 1.54) is 0 Å². The van der Waals surface area contributed by atoms with Gasteiger partial charge in [0.25, 0.3) is 0 Å². The van der Waals surface area contributed by atoms with Crippen LogP contribution in [0.25, 0.3) is 0 Å². The average Bonchev–Trinajstić information content (AvgIpc) is 2.70. The molecule has 1 fully saturated rings. The third-order valence-corrected chi connectivity index (χ3v) is 3.20. The van der Waals surface area contributed by atoms with Crippen LogP contribution in [-0.2, 0) is 11.3 Å². The number of methoxy groups -OCH3 is 1. The van der Waals surface area contributed by atoms with Crippen molar-refractivity contribution >= 4 is 5.97 Å². The summed E-state index contributed by atoms with van der Waals surface area (Å²) in [5, 5.41) is 8.97. The summed E-state index contributed by atoms with van der Waals surface area (Å²) < 4.78 is 5.30. The van der Waals surface area contributed by atoms with Crippen LogP contribution in [0.2, 0.25) is 0 Å². The van der Waals surface area contributed by atoms with Crippen molar-refractivity contribution in [3.8, 4) is 0 Å². The second-order valence-corrected chi connectivity index (χ2v) is 4.47. The Morgan fingerprint density at radius 2 is 2.33 bits per heavy atom. The van der Waals surface area contributed by atoms with Gasteiger partial charge in [-0.05, 0) is 19.4 Å². The van der Waals surface area contributed by atoms with E-state index < -0.39 is 11.7 Å². The van der Waals surface area contributed by atoms with E-state index in [4.69, 9.17) is 9.84 Å². The quantitative estimate of drug-likeness (QED) is 0.704. The number of carboxylic acids is 1. The fraction of sp³-hybridized carbons (Fsp3) is 0.636. The average molecular weight is 255 g/mol. The zero-order valence-electron chi connectivity index (χ0n) is 10.2. The van der Waals surface area contributed by atoms with Gasteiger partial charge in [-0.3, -0.25) is 9.88 Å². The number of H-pyrrole nitrogens is 2. The molecule has 2 heterocycles. The predicted molar refractivity (Wildman–Crippen MR) is 63.7 cm³/mol. The molecule has 0 amide bonds. The maximum Gasteiger partial charge on any atom is 0.354 e. The summed E-state index contributed by atoms with van der Waals surface area (Å²) in [6.07, 6.45) is 2.20. The van der Waals surface area contributed by atoms with Gasteiger partial charge in [-0.2, -0.15) is 0 Å². The lowest BCUT2D eigenvalue weighted by Crippen LogP contribution is -2.39. The number of ether oxygens (including phenoxy) is 1. The molecule has 1 aliphatic heterocycles. The second-order valence-electron chi connectivity index (χ2n) is 4.47. The lowest BCUT2D eigenvalue weighted by Gasteiger charge is -2.31. The van der Waals surface area contributed by atoms with Gasteiger partial charge >= 0.3 is 11.7 Å². The first-order valence-corrected chi connectivity index (χ1v) is 5.89. The number of nitrogens with zero attached hydrogens (tertiary/aromatic N) is 1. The minimum atomic E-state index is -1.12. The zero-order valence-corrected chi connectivity index (χ0v) is 10.2. The van der Waals surface area contributed by atoms with Crippen molar-refractivity contribution < 1.29 is 14.6 Å². The van der Waals surface area contributed by atoms with Gasteiger partial charge in [0.15, 0.2) is 0 Å². The molecule has 0 radical (unpaired) electrons. The largest absolute Gasteiger partial charge is 0.477 e. The second kappa shape index (κ2) is 5.36. The van der Waals surface area contributed by atoms with Crippen molar-refractivity contribution in [3.05, 3.63) is 21.9 Å². The number of piperidine rings is 1. The van der Waals surface area contributed by atoms with Gasteiger partial charge in [-0.15, -0.1) is 0 Å². The molecule has 1 aromatic rings. The number of likely N-dealkylation sites (tertiary alicyclic amines) is 1. The van der Waals surface area contributed by atoms with Gasteiger partial charge in [0.1, 0.15) is 5.69 Å². The number of rotatable bonds is 4. The standard InChI is InChI=1S/C11H17N3O4/c1-18-7-3-2-4-14(5-7)6-8-9(10(15)16)13-11(17)12-8/h7H,2-6H2,1H3,(H,15,16)(H2,12,13,17). The Morgan fingerprint density at radius 3 is 3.00 bits per heavy atom. The van der Waals surface area contributed by atoms with Crippen LogP contribution in [0.3, 0.4) is 0 Å².